The molecule has 0 aliphatic carbocycles. The first-order chi connectivity index (χ1) is 10.1. The van der Waals surface area contributed by atoms with Crippen molar-refractivity contribution in [3.63, 3.8) is 0 Å². The minimum absolute atomic E-state index is 0.165. The van der Waals surface area contributed by atoms with Crippen LogP contribution in [0.5, 0.6) is 0 Å². The number of hydrogen-bond acceptors (Lipinski definition) is 4. The van der Waals surface area contributed by atoms with Gasteiger partial charge in [0.25, 0.3) is 5.91 Å². The second kappa shape index (κ2) is 5.75. The predicted molar refractivity (Wildman–Crippen MR) is 93.8 cm³/mol. The first-order valence-electron chi connectivity index (χ1n) is 5.95. The van der Waals surface area contributed by atoms with E-state index in [0.29, 0.717) is 21.8 Å². The van der Waals surface area contributed by atoms with Crippen LogP contribution >= 0.6 is 43.2 Å². The zero-order chi connectivity index (χ0) is 15.0. The van der Waals surface area contributed by atoms with E-state index in [2.05, 4.69) is 42.2 Å². The van der Waals surface area contributed by atoms with Crippen molar-refractivity contribution in [2.45, 2.75) is 0 Å². The molecule has 0 saturated heterocycles. The Morgan fingerprint density at radius 1 is 1.29 bits per heavy atom. The molecule has 21 heavy (non-hydrogen) atoms. The summed E-state index contributed by atoms with van der Waals surface area (Å²) in [5, 5.41) is 3.72. The molecular weight excluding hydrogens is 418 g/mol. The Balaban J connectivity index is 1.98. The Labute approximate surface area is 141 Å². The summed E-state index contributed by atoms with van der Waals surface area (Å²) in [6, 6.07) is 9.01. The number of amides is 1. The third kappa shape index (κ3) is 2.81. The number of carbonyl (C=O) groups is 1. The van der Waals surface area contributed by atoms with Gasteiger partial charge in [-0.25, -0.2) is 0 Å². The van der Waals surface area contributed by atoms with Crippen molar-refractivity contribution in [2.24, 2.45) is 0 Å². The van der Waals surface area contributed by atoms with Gasteiger partial charge in [0.15, 0.2) is 0 Å². The van der Waals surface area contributed by atoms with E-state index in [4.69, 9.17) is 5.73 Å². The van der Waals surface area contributed by atoms with E-state index in [-0.39, 0.29) is 5.91 Å². The fraction of sp³-hybridized carbons (Fsp3) is 0. The minimum atomic E-state index is -0.165. The summed E-state index contributed by atoms with van der Waals surface area (Å²) in [6.45, 7) is 0. The lowest BCUT2D eigenvalue weighted by Crippen LogP contribution is -2.10. The van der Waals surface area contributed by atoms with Gasteiger partial charge >= 0.3 is 0 Å². The topological polar surface area (TPSA) is 68.0 Å². The predicted octanol–water partition coefficient (Wildman–Crippen LogP) is 4.66. The fourth-order valence-corrected chi connectivity index (χ4v) is 3.88. The van der Waals surface area contributed by atoms with Gasteiger partial charge in [0.1, 0.15) is 0 Å². The number of fused-ring (bicyclic) bond motifs is 1. The number of nitrogens with zero attached hydrogens (tertiary/aromatic N) is 1. The van der Waals surface area contributed by atoms with Gasteiger partial charge in [0, 0.05) is 16.1 Å². The number of nitrogen functional groups attached to an aromatic ring is 1. The van der Waals surface area contributed by atoms with Crippen molar-refractivity contribution in [1.29, 1.82) is 0 Å². The Bertz CT molecular complexity index is 828. The van der Waals surface area contributed by atoms with Crippen LogP contribution in [0.1, 0.15) is 9.67 Å². The van der Waals surface area contributed by atoms with Crippen LogP contribution in [-0.4, -0.2) is 10.9 Å². The molecule has 3 rings (SSSR count). The number of pyridine rings is 1. The molecule has 2 aromatic heterocycles. The molecule has 1 aromatic carbocycles. The van der Waals surface area contributed by atoms with Gasteiger partial charge in [-0.05, 0) is 62.2 Å². The summed E-state index contributed by atoms with van der Waals surface area (Å²) in [7, 11) is 0. The molecule has 3 aromatic rings. The van der Waals surface area contributed by atoms with Crippen molar-refractivity contribution in [1.82, 2.24) is 4.98 Å². The number of anilines is 2. The quantitative estimate of drug-likeness (QED) is 0.585. The molecule has 0 aliphatic heterocycles. The lowest BCUT2D eigenvalue weighted by Gasteiger charge is -2.09. The number of carbonyl (C=O) groups excluding carboxylic acids is 1. The number of rotatable bonds is 2. The SMILES string of the molecule is Nc1ccc(NC(=O)c2cc(Br)c(Br)s2)c2cccnc12. The summed E-state index contributed by atoms with van der Waals surface area (Å²) >= 11 is 8.13. The summed E-state index contributed by atoms with van der Waals surface area (Å²) in [6.07, 6.45) is 1.68. The van der Waals surface area contributed by atoms with Crippen LogP contribution in [0.15, 0.2) is 44.8 Å². The highest BCUT2D eigenvalue weighted by Crippen LogP contribution is 2.33. The third-order valence-corrected chi connectivity index (χ3v) is 6.17. The van der Waals surface area contributed by atoms with Gasteiger partial charge in [-0.3, -0.25) is 9.78 Å². The van der Waals surface area contributed by atoms with E-state index in [1.165, 1.54) is 11.3 Å². The van der Waals surface area contributed by atoms with Crippen LogP contribution in [0.25, 0.3) is 10.9 Å². The van der Waals surface area contributed by atoms with E-state index in [0.717, 1.165) is 13.6 Å². The summed E-state index contributed by atoms with van der Waals surface area (Å²) in [5.74, 6) is -0.165. The van der Waals surface area contributed by atoms with Gasteiger partial charge in [0.2, 0.25) is 0 Å². The van der Waals surface area contributed by atoms with Gasteiger partial charge in [-0.15, -0.1) is 11.3 Å². The van der Waals surface area contributed by atoms with Crippen molar-refractivity contribution >= 4 is 71.4 Å². The highest BCUT2D eigenvalue weighted by atomic mass is 79.9. The lowest BCUT2D eigenvalue weighted by molar-refractivity contribution is 0.103. The molecule has 2 heterocycles. The van der Waals surface area contributed by atoms with Crippen molar-refractivity contribution in [2.75, 3.05) is 11.1 Å². The number of benzene rings is 1. The smallest absolute Gasteiger partial charge is 0.265 e. The second-order valence-electron chi connectivity index (χ2n) is 4.29. The van der Waals surface area contributed by atoms with Crippen molar-refractivity contribution < 1.29 is 4.79 Å². The van der Waals surface area contributed by atoms with Crippen LogP contribution in [0, 0.1) is 0 Å². The summed E-state index contributed by atoms with van der Waals surface area (Å²) in [4.78, 5) is 17.2. The van der Waals surface area contributed by atoms with Crippen LogP contribution < -0.4 is 11.1 Å². The molecule has 0 unspecified atom stereocenters. The van der Waals surface area contributed by atoms with E-state index < -0.39 is 0 Å². The Kier molecular flexibility index (Phi) is 3.97. The number of nitrogens with one attached hydrogen (secondary N) is 1. The normalized spacial score (nSPS) is 10.8. The average Bonchev–Trinajstić information content (AvgIpc) is 2.82. The fourth-order valence-electron chi connectivity index (χ4n) is 1.95. The van der Waals surface area contributed by atoms with Crippen LogP contribution in [-0.2, 0) is 0 Å². The molecule has 0 aliphatic rings. The molecule has 4 nitrogen and oxygen atoms in total. The van der Waals surface area contributed by atoms with Gasteiger partial charge in [-0.2, -0.15) is 0 Å². The first-order valence-corrected chi connectivity index (χ1v) is 8.36. The number of thiophene rings is 1. The maximum atomic E-state index is 12.3. The number of hydrogen-bond donors (Lipinski definition) is 2. The van der Waals surface area contributed by atoms with E-state index in [9.17, 15) is 4.79 Å². The molecule has 0 fully saturated rings. The largest absolute Gasteiger partial charge is 0.397 e. The van der Waals surface area contributed by atoms with E-state index in [1.807, 2.05) is 12.1 Å². The van der Waals surface area contributed by atoms with E-state index >= 15 is 0 Å². The molecule has 3 N–H and O–H groups in total. The highest BCUT2D eigenvalue weighted by molar-refractivity contribution is 9.13. The zero-order valence-corrected chi connectivity index (χ0v) is 14.5. The van der Waals surface area contributed by atoms with Crippen molar-refractivity contribution in [3.8, 4) is 0 Å². The average molecular weight is 427 g/mol. The highest BCUT2D eigenvalue weighted by Gasteiger charge is 2.14. The number of halogens is 2. The van der Waals surface area contributed by atoms with Crippen LogP contribution in [0.2, 0.25) is 0 Å². The molecule has 0 saturated carbocycles. The molecule has 106 valence electrons. The van der Waals surface area contributed by atoms with Gasteiger partial charge < -0.3 is 11.1 Å². The van der Waals surface area contributed by atoms with Crippen LogP contribution in [0.4, 0.5) is 11.4 Å². The monoisotopic (exact) mass is 425 g/mol. The second-order valence-corrected chi connectivity index (χ2v) is 7.51. The maximum absolute atomic E-state index is 12.3. The van der Waals surface area contributed by atoms with Crippen molar-refractivity contribution in [3.05, 3.63) is 49.7 Å². The molecule has 0 bridgehead atoms. The van der Waals surface area contributed by atoms with E-state index in [1.54, 1.807) is 24.4 Å². The lowest BCUT2D eigenvalue weighted by atomic mass is 10.1. The first kappa shape index (κ1) is 14.5. The minimum Gasteiger partial charge on any atom is -0.397 e. The molecule has 0 spiro atoms. The van der Waals surface area contributed by atoms with Gasteiger partial charge in [-0.1, -0.05) is 0 Å². The zero-order valence-electron chi connectivity index (χ0n) is 10.6. The van der Waals surface area contributed by atoms with Crippen LogP contribution in [0.3, 0.4) is 0 Å². The third-order valence-electron chi connectivity index (χ3n) is 2.92. The molecule has 1 amide bonds. The molecule has 0 radical (unpaired) electrons. The maximum Gasteiger partial charge on any atom is 0.265 e. The number of aromatic nitrogens is 1. The Morgan fingerprint density at radius 2 is 2.10 bits per heavy atom. The Morgan fingerprint density at radius 3 is 2.81 bits per heavy atom. The number of nitrogens with two attached hydrogens (primary N) is 1. The summed E-state index contributed by atoms with van der Waals surface area (Å²) < 4.78 is 1.75. The van der Waals surface area contributed by atoms with Gasteiger partial charge in [0.05, 0.1) is 25.6 Å². The standard InChI is InChI=1S/C14H9Br2N3OS/c15-8-6-11(21-13(8)16)14(20)19-10-4-3-9(17)12-7(10)2-1-5-18-12/h1-6H,17H2,(H,19,20). The Hall–Kier alpha value is -1.44. The molecule has 7 heteroatoms. The summed E-state index contributed by atoms with van der Waals surface area (Å²) in [5.41, 5.74) is 7.87. The molecular formula is C14H9Br2N3OS. The molecule has 0 atom stereocenters.